The highest BCUT2D eigenvalue weighted by atomic mass is 32.1. The fourth-order valence-electron chi connectivity index (χ4n) is 1.65. The van der Waals surface area contributed by atoms with Crippen LogP contribution in [0.3, 0.4) is 0 Å². The molecule has 0 aliphatic carbocycles. The molecule has 0 saturated carbocycles. The summed E-state index contributed by atoms with van der Waals surface area (Å²) in [5, 5.41) is 10.2. The van der Waals surface area contributed by atoms with Crippen molar-refractivity contribution in [2.75, 3.05) is 0 Å². The number of non-ortho nitro benzene ring substituents is 1. The highest BCUT2D eigenvalue weighted by molar-refractivity contribution is 7.80. The lowest BCUT2D eigenvalue weighted by Crippen LogP contribution is -1.95. The quantitative estimate of drug-likeness (QED) is 0.520. The Hall–Kier alpha value is -1.88. The van der Waals surface area contributed by atoms with E-state index in [2.05, 4.69) is 12.6 Å². The summed E-state index contributed by atoms with van der Waals surface area (Å²) in [6, 6.07) is 12.2. The maximum atomic E-state index is 13.1. The van der Waals surface area contributed by atoms with Gasteiger partial charge >= 0.3 is 0 Å². The summed E-state index contributed by atoms with van der Waals surface area (Å²) in [7, 11) is 0. The fourth-order valence-corrected chi connectivity index (χ4v) is 1.98. The molecule has 0 radical (unpaired) electrons. The molecule has 0 bridgehead atoms. The van der Waals surface area contributed by atoms with Crippen LogP contribution < -0.4 is 0 Å². The van der Waals surface area contributed by atoms with E-state index in [-0.39, 0.29) is 16.8 Å². The van der Waals surface area contributed by atoms with Crippen molar-refractivity contribution in [3.8, 4) is 0 Å². The van der Waals surface area contributed by atoms with Crippen molar-refractivity contribution in [1.82, 2.24) is 0 Å². The van der Waals surface area contributed by atoms with Crippen molar-refractivity contribution in [2.45, 2.75) is 5.25 Å². The van der Waals surface area contributed by atoms with Gasteiger partial charge in [0.25, 0.3) is 5.69 Å². The molecule has 0 spiro atoms. The fraction of sp³-hybridized carbons (Fsp3) is 0.0769. The van der Waals surface area contributed by atoms with Gasteiger partial charge in [-0.3, -0.25) is 10.1 Å². The second kappa shape index (κ2) is 5.18. The van der Waals surface area contributed by atoms with Crippen LogP contribution in [0.4, 0.5) is 10.1 Å². The van der Waals surface area contributed by atoms with E-state index in [1.54, 1.807) is 24.3 Å². The minimum absolute atomic E-state index is 0.0264. The zero-order valence-corrected chi connectivity index (χ0v) is 10.2. The molecule has 0 N–H and O–H groups in total. The van der Waals surface area contributed by atoms with Gasteiger partial charge in [-0.15, -0.1) is 0 Å². The first-order valence-corrected chi connectivity index (χ1v) is 5.77. The van der Waals surface area contributed by atoms with Crippen LogP contribution in [0, 0.1) is 15.9 Å². The van der Waals surface area contributed by atoms with Crippen LogP contribution in [0.25, 0.3) is 0 Å². The van der Waals surface area contributed by atoms with Crippen molar-refractivity contribution in [3.05, 3.63) is 75.6 Å². The van der Waals surface area contributed by atoms with Crippen LogP contribution in [-0.4, -0.2) is 4.92 Å². The lowest BCUT2D eigenvalue weighted by Gasteiger charge is -2.11. The Balaban J connectivity index is 2.28. The van der Waals surface area contributed by atoms with Gasteiger partial charge in [0.2, 0.25) is 0 Å². The molecule has 1 unspecified atom stereocenters. The maximum absolute atomic E-state index is 13.1. The molecule has 1 atom stereocenters. The smallest absolute Gasteiger partial charge is 0.258 e. The number of nitrogens with zero attached hydrogens (tertiary/aromatic N) is 1. The zero-order valence-electron chi connectivity index (χ0n) is 9.29. The van der Waals surface area contributed by atoms with Gasteiger partial charge in [-0.2, -0.15) is 12.6 Å². The molecule has 0 aromatic heterocycles. The van der Waals surface area contributed by atoms with Gasteiger partial charge < -0.3 is 0 Å². The Bertz CT molecular complexity index is 571. The first-order chi connectivity index (χ1) is 8.58. The third kappa shape index (κ3) is 2.68. The van der Waals surface area contributed by atoms with E-state index in [0.717, 1.165) is 5.56 Å². The minimum Gasteiger partial charge on any atom is -0.258 e. The van der Waals surface area contributed by atoms with Crippen molar-refractivity contribution < 1.29 is 9.31 Å². The van der Waals surface area contributed by atoms with Crippen LogP contribution >= 0.6 is 12.6 Å². The van der Waals surface area contributed by atoms with E-state index < -0.39 is 4.92 Å². The van der Waals surface area contributed by atoms with E-state index in [1.807, 2.05) is 0 Å². The van der Waals surface area contributed by atoms with Gasteiger partial charge in [0, 0.05) is 12.1 Å². The summed E-state index contributed by atoms with van der Waals surface area (Å²) in [6.07, 6.45) is 0. The molecule has 0 fully saturated rings. The molecule has 92 valence electrons. The molecule has 0 saturated heterocycles. The van der Waals surface area contributed by atoms with Gasteiger partial charge in [0.15, 0.2) is 0 Å². The summed E-state index contributed by atoms with van der Waals surface area (Å²) in [5.41, 5.74) is 1.53. The van der Waals surface area contributed by atoms with E-state index in [9.17, 15) is 14.5 Å². The molecule has 2 aromatic carbocycles. The number of nitro benzene ring substituents is 1. The molecular weight excluding hydrogens is 253 g/mol. The maximum Gasteiger partial charge on any atom is 0.269 e. The molecule has 0 aliphatic heterocycles. The van der Waals surface area contributed by atoms with E-state index in [0.29, 0.717) is 5.56 Å². The molecule has 5 heteroatoms. The summed E-state index contributed by atoms with van der Waals surface area (Å²) in [4.78, 5) is 10.1. The van der Waals surface area contributed by atoms with E-state index in [4.69, 9.17) is 0 Å². The number of thiol groups is 1. The Kier molecular flexibility index (Phi) is 3.62. The standard InChI is InChI=1S/C13H10FNO2S/c14-11-3-1-2-10(8-11)13(18)9-4-6-12(7-5-9)15(16)17/h1-8,13,18H. The Morgan fingerprint density at radius 2 is 1.78 bits per heavy atom. The van der Waals surface area contributed by atoms with Crippen LogP contribution in [0.2, 0.25) is 0 Å². The number of hydrogen-bond donors (Lipinski definition) is 1. The Morgan fingerprint density at radius 3 is 2.33 bits per heavy atom. The monoisotopic (exact) mass is 263 g/mol. The Labute approximate surface area is 109 Å². The predicted molar refractivity (Wildman–Crippen MR) is 70.3 cm³/mol. The molecule has 2 rings (SSSR count). The first kappa shape index (κ1) is 12.6. The number of hydrogen-bond acceptors (Lipinski definition) is 3. The third-order valence-electron chi connectivity index (χ3n) is 2.58. The summed E-state index contributed by atoms with van der Waals surface area (Å²) >= 11 is 4.41. The minimum atomic E-state index is -0.459. The summed E-state index contributed by atoms with van der Waals surface area (Å²) in [5.74, 6) is -0.325. The summed E-state index contributed by atoms with van der Waals surface area (Å²) in [6.45, 7) is 0. The lowest BCUT2D eigenvalue weighted by molar-refractivity contribution is -0.384. The van der Waals surface area contributed by atoms with Gasteiger partial charge in [-0.05, 0) is 23.3 Å². The number of rotatable bonds is 3. The first-order valence-electron chi connectivity index (χ1n) is 5.26. The van der Waals surface area contributed by atoms with Crippen molar-refractivity contribution in [3.63, 3.8) is 0 Å². The zero-order chi connectivity index (χ0) is 13.1. The molecule has 0 amide bonds. The highest BCUT2D eigenvalue weighted by Gasteiger charge is 2.12. The average molecular weight is 263 g/mol. The lowest BCUT2D eigenvalue weighted by atomic mass is 10.0. The second-order valence-corrected chi connectivity index (χ2v) is 4.32. The molecule has 0 heterocycles. The van der Waals surface area contributed by atoms with Crippen LogP contribution in [-0.2, 0) is 0 Å². The Morgan fingerprint density at radius 1 is 1.11 bits per heavy atom. The van der Waals surface area contributed by atoms with Crippen LogP contribution in [0.15, 0.2) is 48.5 Å². The predicted octanol–water partition coefficient (Wildman–Crippen LogP) is 3.75. The average Bonchev–Trinajstić information content (AvgIpc) is 2.38. The SMILES string of the molecule is O=[N+]([O-])c1ccc(C(S)c2cccc(F)c2)cc1. The second-order valence-electron chi connectivity index (χ2n) is 3.81. The van der Waals surface area contributed by atoms with Crippen molar-refractivity contribution >= 4 is 18.3 Å². The van der Waals surface area contributed by atoms with E-state index in [1.165, 1.54) is 24.3 Å². The molecule has 3 nitrogen and oxygen atoms in total. The van der Waals surface area contributed by atoms with Crippen molar-refractivity contribution in [2.24, 2.45) is 0 Å². The largest absolute Gasteiger partial charge is 0.269 e. The van der Waals surface area contributed by atoms with E-state index >= 15 is 0 Å². The topological polar surface area (TPSA) is 43.1 Å². The van der Waals surface area contributed by atoms with Crippen molar-refractivity contribution in [1.29, 1.82) is 0 Å². The molecular formula is C13H10FNO2S. The van der Waals surface area contributed by atoms with Gasteiger partial charge in [-0.25, -0.2) is 4.39 Å². The third-order valence-corrected chi connectivity index (χ3v) is 3.18. The normalized spacial score (nSPS) is 12.1. The van der Waals surface area contributed by atoms with Gasteiger partial charge in [-0.1, -0.05) is 24.3 Å². The van der Waals surface area contributed by atoms with Gasteiger partial charge in [0.05, 0.1) is 10.2 Å². The number of benzene rings is 2. The van der Waals surface area contributed by atoms with Gasteiger partial charge in [0.1, 0.15) is 5.82 Å². The summed E-state index contributed by atoms with van der Waals surface area (Å²) < 4.78 is 13.1. The molecule has 18 heavy (non-hydrogen) atoms. The molecule has 0 aliphatic rings. The highest BCUT2D eigenvalue weighted by Crippen LogP contribution is 2.29. The number of halogens is 1. The number of nitro groups is 1. The van der Waals surface area contributed by atoms with Crippen LogP contribution in [0.1, 0.15) is 16.4 Å². The van der Waals surface area contributed by atoms with Crippen LogP contribution in [0.5, 0.6) is 0 Å². The molecule has 2 aromatic rings.